The molecule has 0 aliphatic carbocycles. The Kier molecular flexibility index (Phi) is 6.33. The average molecular weight is 276 g/mol. The molecule has 1 aromatic carbocycles. The van der Waals surface area contributed by atoms with Crippen LogP contribution >= 0.6 is 0 Å². The van der Waals surface area contributed by atoms with Gasteiger partial charge in [0, 0.05) is 6.54 Å². The Morgan fingerprint density at radius 3 is 2.60 bits per heavy atom. The van der Waals surface area contributed by atoms with Gasteiger partial charge in [-0.05, 0) is 50.8 Å². The summed E-state index contributed by atoms with van der Waals surface area (Å²) < 4.78 is 11.0. The molecule has 0 aromatic heterocycles. The first-order valence-electron chi connectivity index (χ1n) is 6.93. The van der Waals surface area contributed by atoms with Gasteiger partial charge in [0.2, 0.25) is 0 Å². The van der Waals surface area contributed by atoms with E-state index in [9.17, 15) is 0 Å². The fourth-order valence-corrected chi connectivity index (χ4v) is 1.87. The number of nitrogens with zero attached hydrogens (tertiary/aromatic N) is 1. The van der Waals surface area contributed by atoms with Crippen LogP contribution in [0.3, 0.4) is 0 Å². The summed E-state index contributed by atoms with van der Waals surface area (Å²) in [5.74, 6) is 1.45. The summed E-state index contributed by atoms with van der Waals surface area (Å²) in [4.78, 5) is 0. The first-order valence-corrected chi connectivity index (χ1v) is 6.93. The maximum Gasteiger partial charge on any atom is 0.161 e. The normalized spacial score (nSPS) is 10.9. The fraction of sp³-hybridized carbons (Fsp3) is 0.562. The lowest BCUT2D eigenvalue weighted by atomic mass is 9.89. The van der Waals surface area contributed by atoms with Crippen LogP contribution < -0.4 is 15.2 Å². The van der Waals surface area contributed by atoms with E-state index in [1.165, 1.54) is 0 Å². The maximum absolute atomic E-state index is 8.94. The number of hydrogen-bond donors (Lipinski definition) is 1. The Bertz CT molecular complexity index is 464. The van der Waals surface area contributed by atoms with Gasteiger partial charge in [0.25, 0.3) is 0 Å². The van der Waals surface area contributed by atoms with E-state index >= 15 is 0 Å². The molecule has 0 amide bonds. The van der Waals surface area contributed by atoms with E-state index in [1.54, 1.807) is 7.11 Å². The molecule has 1 rings (SSSR count). The smallest absolute Gasteiger partial charge is 0.161 e. The van der Waals surface area contributed by atoms with Crippen molar-refractivity contribution in [3.8, 4) is 17.6 Å². The van der Waals surface area contributed by atoms with Crippen LogP contribution in [-0.2, 0) is 6.54 Å². The zero-order valence-electron chi connectivity index (χ0n) is 12.6. The number of methoxy groups -OCH3 is 1. The Balaban J connectivity index is 2.44. The number of nitriles is 1. The van der Waals surface area contributed by atoms with Crippen molar-refractivity contribution in [1.82, 2.24) is 0 Å². The third-order valence-electron chi connectivity index (χ3n) is 3.22. The van der Waals surface area contributed by atoms with Crippen molar-refractivity contribution < 1.29 is 9.47 Å². The predicted octanol–water partition coefficient (Wildman–Crippen LogP) is 3.25. The van der Waals surface area contributed by atoms with E-state index in [4.69, 9.17) is 20.5 Å². The highest BCUT2D eigenvalue weighted by atomic mass is 16.5. The van der Waals surface area contributed by atoms with Gasteiger partial charge < -0.3 is 15.2 Å². The summed E-state index contributed by atoms with van der Waals surface area (Å²) in [5.41, 5.74) is 6.39. The molecule has 0 radical (unpaired) electrons. The first-order chi connectivity index (χ1) is 9.52. The Morgan fingerprint density at radius 1 is 1.25 bits per heavy atom. The molecule has 0 saturated carbocycles. The van der Waals surface area contributed by atoms with Crippen LogP contribution in [0.1, 0.15) is 38.7 Å². The minimum Gasteiger partial charge on any atom is -0.493 e. The zero-order chi connectivity index (χ0) is 15.0. The maximum atomic E-state index is 8.94. The van der Waals surface area contributed by atoms with Gasteiger partial charge in [-0.2, -0.15) is 5.26 Å². The highest BCUT2D eigenvalue weighted by Crippen LogP contribution is 2.28. The SMILES string of the molecule is COc1ccc(CN)cc1OCCCCC(C)(C)C#N. The molecule has 0 fully saturated rings. The van der Waals surface area contributed by atoms with Gasteiger partial charge in [-0.15, -0.1) is 0 Å². The molecule has 0 aliphatic heterocycles. The summed E-state index contributed by atoms with van der Waals surface area (Å²) in [6.07, 6.45) is 2.77. The van der Waals surface area contributed by atoms with Crippen molar-refractivity contribution in [2.24, 2.45) is 11.1 Å². The third-order valence-corrected chi connectivity index (χ3v) is 3.22. The van der Waals surface area contributed by atoms with E-state index < -0.39 is 0 Å². The first kappa shape index (κ1) is 16.3. The van der Waals surface area contributed by atoms with Gasteiger partial charge in [-0.1, -0.05) is 6.07 Å². The van der Waals surface area contributed by atoms with Gasteiger partial charge in [0.15, 0.2) is 11.5 Å². The molecule has 4 heteroatoms. The van der Waals surface area contributed by atoms with Crippen molar-refractivity contribution in [3.63, 3.8) is 0 Å². The minimum atomic E-state index is -0.253. The second kappa shape index (κ2) is 7.76. The molecule has 4 nitrogen and oxygen atoms in total. The van der Waals surface area contributed by atoms with Crippen LogP contribution in [0.2, 0.25) is 0 Å². The molecule has 0 spiro atoms. The molecule has 110 valence electrons. The van der Waals surface area contributed by atoms with Crippen molar-refractivity contribution in [1.29, 1.82) is 5.26 Å². The summed E-state index contributed by atoms with van der Waals surface area (Å²) in [6.45, 7) is 5.02. The van der Waals surface area contributed by atoms with Crippen LogP contribution in [0.4, 0.5) is 0 Å². The molecular formula is C16H24N2O2. The third kappa shape index (κ3) is 5.10. The van der Waals surface area contributed by atoms with Gasteiger partial charge >= 0.3 is 0 Å². The molecule has 20 heavy (non-hydrogen) atoms. The van der Waals surface area contributed by atoms with E-state index in [-0.39, 0.29) is 5.41 Å². The fourth-order valence-electron chi connectivity index (χ4n) is 1.87. The molecule has 0 bridgehead atoms. The topological polar surface area (TPSA) is 68.3 Å². The van der Waals surface area contributed by atoms with E-state index in [0.717, 1.165) is 36.3 Å². The number of rotatable bonds is 8. The molecule has 0 aliphatic rings. The van der Waals surface area contributed by atoms with Crippen LogP contribution in [0.15, 0.2) is 18.2 Å². The van der Waals surface area contributed by atoms with Crippen LogP contribution in [0, 0.1) is 16.7 Å². The summed E-state index contributed by atoms with van der Waals surface area (Å²) in [6, 6.07) is 8.03. The molecular weight excluding hydrogens is 252 g/mol. The molecule has 0 unspecified atom stereocenters. The second-order valence-corrected chi connectivity index (χ2v) is 5.49. The Labute approximate surface area is 121 Å². The molecule has 0 heterocycles. The minimum absolute atomic E-state index is 0.253. The largest absolute Gasteiger partial charge is 0.493 e. The second-order valence-electron chi connectivity index (χ2n) is 5.49. The monoisotopic (exact) mass is 276 g/mol. The molecule has 0 atom stereocenters. The predicted molar refractivity (Wildman–Crippen MR) is 79.6 cm³/mol. The van der Waals surface area contributed by atoms with Crippen molar-refractivity contribution in [2.45, 2.75) is 39.7 Å². The molecule has 1 aromatic rings. The van der Waals surface area contributed by atoms with Gasteiger partial charge in [-0.25, -0.2) is 0 Å². The van der Waals surface area contributed by atoms with Gasteiger partial charge in [0.05, 0.1) is 25.2 Å². The summed E-state index contributed by atoms with van der Waals surface area (Å²) >= 11 is 0. The zero-order valence-corrected chi connectivity index (χ0v) is 12.6. The lowest BCUT2D eigenvalue weighted by Gasteiger charge is -2.15. The molecule has 2 N–H and O–H groups in total. The number of unbranched alkanes of at least 4 members (excludes halogenated alkanes) is 1. The average Bonchev–Trinajstić information content (AvgIpc) is 2.46. The van der Waals surface area contributed by atoms with Gasteiger partial charge in [0.1, 0.15) is 0 Å². The Hall–Kier alpha value is -1.73. The quantitative estimate of drug-likeness (QED) is 0.740. The van der Waals surface area contributed by atoms with Crippen molar-refractivity contribution in [2.75, 3.05) is 13.7 Å². The lowest BCUT2D eigenvalue weighted by Crippen LogP contribution is -2.08. The number of ether oxygens (including phenoxy) is 2. The van der Waals surface area contributed by atoms with Crippen molar-refractivity contribution >= 4 is 0 Å². The highest BCUT2D eigenvalue weighted by Gasteiger charge is 2.15. The summed E-state index contributed by atoms with van der Waals surface area (Å²) in [5, 5.41) is 8.94. The Morgan fingerprint density at radius 2 is 2.00 bits per heavy atom. The van der Waals surface area contributed by atoms with Crippen molar-refractivity contribution in [3.05, 3.63) is 23.8 Å². The van der Waals surface area contributed by atoms with E-state index in [1.807, 2.05) is 32.0 Å². The number of nitrogens with two attached hydrogens (primary N) is 1. The number of benzene rings is 1. The highest BCUT2D eigenvalue weighted by molar-refractivity contribution is 5.42. The van der Waals surface area contributed by atoms with Gasteiger partial charge in [-0.3, -0.25) is 0 Å². The van der Waals surface area contributed by atoms with Crippen LogP contribution in [-0.4, -0.2) is 13.7 Å². The lowest BCUT2D eigenvalue weighted by molar-refractivity contribution is 0.278. The van der Waals surface area contributed by atoms with Crippen LogP contribution in [0.25, 0.3) is 0 Å². The number of hydrogen-bond acceptors (Lipinski definition) is 4. The van der Waals surface area contributed by atoms with Crippen LogP contribution in [0.5, 0.6) is 11.5 Å². The standard InChI is InChI=1S/C16H24N2O2/c1-16(2,12-18)8-4-5-9-20-15-10-13(11-17)6-7-14(15)19-3/h6-7,10H,4-5,8-9,11,17H2,1-3H3. The van der Waals surface area contributed by atoms with E-state index in [0.29, 0.717) is 13.2 Å². The summed E-state index contributed by atoms with van der Waals surface area (Å²) in [7, 11) is 1.62. The van der Waals surface area contributed by atoms with E-state index in [2.05, 4.69) is 6.07 Å². The molecule has 0 saturated heterocycles.